The molecule has 0 amide bonds. The third-order valence-electron chi connectivity index (χ3n) is 3.67. The van der Waals surface area contributed by atoms with E-state index in [1.165, 1.54) is 5.03 Å². The van der Waals surface area contributed by atoms with E-state index in [2.05, 4.69) is 19.5 Å². The molecule has 4 rings (SSSR count). The first-order chi connectivity index (χ1) is 13.2. The van der Waals surface area contributed by atoms with Gasteiger partial charge in [-0.3, -0.25) is 10.1 Å². The molecular weight excluding hydrogens is 434 g/mol. The Kier molecular flexibility index (Phi) is 6.34. The van der Waals surface area contributed by atoms with Crippen molar-refractivity contribution in [2.75, 3.05) is 11.5 Å². The Morgan fingerprint density at radius 2 is 1.93 bits per heavy atom. The third-order valence-corrected chi connectivity index (χ3v) is 6.06. The lowest BCUT2D eigenvalue weighted by molar-refractivity contribution is -2.00. The van der Waals surface area contributed by atoms with Crippen molar-refractivity contribution >= 4 is 40.4 Å². The lowest BCUT2D eigenvalue weighted by atomic mass is 10.3. The van der Waals surface area contributed by atoms with Gasteiger partial charge in [-0.15, -0.1) is 22.0 Å². The maximum absolute atomic E-state index is 10.7. The molecule has 1 aliphatic rings. The summed E-state index contributed by atoms with van der Waals surface area (Å²) in [6.07, 6.45) is 3.51. The highest BCUT2D eigenvalue weighted by Crippen LogP contribution is 2.33. The van der Waals surface area contributed by atoms with Gasteiger partial charge in [0, 0.05) is 28.5 Å². The van der Waals surface area contributed by atoms with Crippen molar-refractivity contribution in [3.63, 3.8) is 0 Å². The third kappa shape index (κ3) is 5.29. The van der Waals surface area contributed by atoms with Crippen molar-refractivity contribution in [2.24, 2.45) is 0 Å². The number of nitro benzene ring substituents is 1. The van der Waals surface area contributed by atoms with E-state index in [0.717, 1.165) is 27.6 Å². The zero-order valence-electron chi connectivity index (χ0n) is 13.9. The van der Waals surface area contributed by atoms with Crippen molar-refractivity contribution in [1.29, 1.82) is 0 Å². The van der Waals surface area contributed by atoms with Crippen LogP contribution < -0.4 is 23.2 Å². The molecule has 2 aromatic heterocycles. The van der Waals surface area contributed by atoms with E-state index in [1.807, 2.05) is 6.33 Å². The fourth-order valence-electron chi connectivity index (χ4n) is 2.49. The number of hydrogen-bond acceptors (Lipinski definition) is 10. The molecule has 1 aliphatic heterocycles. The first-order valence-electron chi connectivity index (χ1n) is 7.57. The molecule has 0 bridgehead atoms. The first kappa shape index (κ1) is 20.7. The van der Waals surface area contributed by atoms with Crippen LogP contribution in [-0.4, -0.2) is 31.4 Å². The maximum atomic E-state index is 10.7. The summed E-state index contributed by atoms with van der Waals surface area (Å²) in [4.78, 5) is 23.0. The molecule has 0 saturated heterocycles. The summed E-state index contributed by atoms with van der Waals surface area (Å²) in [7, 11) is -4.94. The van der Waals surface area contributed by atoms with Gasteiger partial charge in [0.05, 0.1) is 11.3 Å². The van der Waals surface area contributed by atoms with Crippen LogP contribution in [0.25, 0.3) is 11.2 Å². The first-order valence-corrected chi connectivity index (χ1v) is 10.8. The molecule has 1 atom stereocenters. The summed E-state index contributed by atoms with van der Waals surface area (Å²) in [6.45, 7) is 0. The SMILES string of the molecule is O=[N+]([O-])c1ccc(SCC2CSc3c4[nH]cnc4nc[n+]32)cc1.[O-][Cl+3]([O-])([O-])[O-]. The fourth-order valence-corrected chi connectivity index (χ4v) is 4.90. The van der Waals surface area contributed by atoms with E-state index >= 15 is 0 Å². The van der Waals surface area contributed by atoms with E-state index in [0.29, 0.717) is 6.04 Å². The molecule has 0 aliphatic carbocycles. The Hall–Kier alpha value is -2.00. The van der Waals surface area contributed by atoms with Gasteiger partial charge in [0.1, 0.15) is 6.04 Å². The molecule has 28 heavy (non-hydrogen) atoms. The Morgan fingerprint density at radius 3 is 2.57 bits per heavy atom. The molecule has 0 fully saturated rings. The summed E-state index contributed by atoms with van der Waals surface area (Å²) < 4.78 is 36.2. The molecule has 0 radical (unpaired) electrons. The number of non-ortho nitro benzene ring substituents is 1. The smallest absolute Gasteiger partial charge is 0.296 e. The normalized spacial score (nSPS) is 15.8. The second-order valence-electron chi connectivity index (χ2n) is 5.46. The van der Waals surface area contributed by atoms with Gasteiger partial charge in [0.2, 0.25) is 0 Å². The van der Waals surface area contributed by atoms with Crippen molar-refractivity contribution < 1.29 is 38.4 Å². The zero-order valence-corrected chi connectivity index (χ0v) is 16.3. The molecule has 0 spiro atoms. The van der Waals surface area contributed by atoms with Crippen LogP contribution in [0.3, 0.4) is 0 Å². The minimum absolute atomic E-state index is 0.122. The number of aromatic nitrogens is 4. The predicted octanol–water partition coefficient (Wildman–Crippen LogP) is -2.16. The van der Waals surface area contributed by atoms with Crippen LogP contribution in [0.1, 0.15) is 6.04 Å². The van der Waals surface area contributed by atoms with Gasteiger partial charge in [-0.2, -0.15) is 4.98 Å². The van der Waals surface area contributed by atoms with Gasteiger partial charge >= 0.3 is 0 Å². The summed E-state index contributed by atoms with van der Waals surface area (Å²) in [6, 6.07) is 7.03. The Morgan fingerprint density at radius 1 is 1.25 bits per heavy atom. The number of thioether (sulfide) groups is 2. The highest BCUT2D eigenvalue weighted by Gasteiger charge is 2.31. The Labute approximate surface area is 168 Å². The number of nitrogens with zero attached hydrogens (tertiary/aromatic N) is 4. The number of fused-ring (bicyclic) bond motifs is 3. The van der Waals surface area contributed by atoms with Crippen LogP contribution in [0, 0.1) is 20.4 Å². The largest absolute Gasteiger partial charge is 0.337 e. The number of imidazole rings is 1. The maximum Gasteiger partial charge on any atom is 0.296 e. The van der Waals surface area contributed by atoms with Crippen molar-refractivity contribution in [2.45, 2.75) is 16.0 Å². The molecule has 14 heteroatoms. The molecule has 1 aromatic carbocycles. The minimum Gasteiger partial charge on any atom is -0.337 e. The Balaban J connectivity index is 0.000000403. The summed E-state index contributed by atoms with van der Waals surface area (Å²) >= 11 is 3.50. The molecule has 1 unspecified atom stereocenters. The van der Waals surface area contributed by atoms with Gasteiger partial charge in [0.25, 0.3) is 17.7 Å². The van der Waals surface area contributed by atoms with Crippen LogP contribution in [0.15, 0.2) is 46.8 Å². The number of nitro groups is 1. The standard InChI is InChI=1S/C14H11N5O2S2.ClHO4/c20-19(21)9-1-3-11(4-2-9)22-5-10-6-23-14-12-13(16-7-15-12)17-8-18(10)14;2-1(3,4)5/h1-4,7-8,10H,5-6H2;(H,2,3,4,5). The summed E-state index contributed by atoms with van der Waals surface area (Å²) in [5.41, 5.74) is 1.85. The minimum atomic E-state index is -4.94. The Bertz CT molecular complexity index is 975. The lowest BCUT2D eigenvalue weighted by Gasteiger charge is -2.17. The molecular formula is C14H12ClN5O6S2. The van der Waals surface area contributed by atoms with E-state index in [-0.39, 0.29) is 10.6 Å². The van der Waals surface area contributed by atoms with Crippen LogP contribution in [0.5, 0.6) is 0 Å². The molecule has 3 heterocycles. The number of hydrogen-bond donors (Lipinski definition) is 1. The zero-order chi connectivity index (χ0) is 20.3. The van der Waals surface area contributed by atoms with Gasteiger partial charge in [0.15, 0.2) is 10.5 Å². The lowest BCUT2D eigenvalue weighted by Crippen LogP contribution is -2.68. The molecule has 11 nitrogen and oxygen atoms in total. The number of nitrogens with one attached hydrogen (secondary N) is 1. The molecule has 3 aromatic rings. The van der Waals surface area contributed by atoms with Crippen LogP contribution in [0.2, 0.25) is 0 Å². The quantitative estimate of drug-likeness (QED) is 0.152. The molecule has 148 valence electrons. The number of halogens is 1. The summed E-state index contributed by atoms with van der Waals surface area (Å²) in [5.74, 6) is 1.88. The van der Waals surface area contributed by atoms with Gasteiger partial charge in [-0.25, -0.2) is 23.2 Å². The van der Waals surface area contributed by atoms with E-state index < -0.39 is 10.2 Å². The van der Waals surface area contributed by atoms with Crippen molar-refractivity contribution in [3.05, 3.63) is 47.0 Å². The van der Waals surface area contributed by atoms with E-state index in [4.69, 9.17) is 18.6 Å². The van der Waals surface area contributed by atoms with Crippen LogP contribution >= 0.6 is 23.5 Å². The van der Waals surface area contributed by atoms with E-state index in [1.54, 1.807) is 54.1 Å². The van der Waals surface area contributed by atoms with Crippen LogP contribution in [-0.2, 0) is 0 Å². The second-order valence-corrected chi connectivity index (χ2v) is 8.32. The summed E-state index contributed by atoms with van der Waals surface area (Å²) in [5, 5.41) is 11.8. The van der Waals surface area contributed by atoms with Gasteiger partial charge in [-0.05, 0) is 17.1 Å². The van der Waals surface area contributed by atoms with Crippen molar-refractivity contribution in [3.8, 4) is 0 Å². The monoisotopic (exact) mass is 445 g/mol. The average Bonchev–Trinajstić information content (AvgIpc) is 3.25. The second kappa shape index (κ2) is 8.57. The van der Waals surface area contributed by atoms with Crippen LogP contribution in [0.4, 0.5) is 5.69 Å². The topological polar surface area (TPSA) is 181 Å². The number of aromatic amines is 1. The van der Waals surface area contributed by atoms with Crippen molar-refractivity contribution in [1.82, 2.24) is 15.0 Å². The number of rotatable bonds is 4. The highest BCUT2D eigenvalue weighted by molar-refractivity contribution is 8.00. The fraction of sp³-hybridized carbons (Fsp3) is 0.214. The van der Waals surface area contributed by atoms with E-state index in [9.17, 15) is 10.1 Å². The number of H-pyrrole nitrogens is 1. The average molecular weight is 446 g/mol. The predicted molar refractivity (Wildman–Crippen MR) is 87.7 cm³/mol. The highest BCUT2D eigenvalue weighted by atomic mass is 35.7. The molecule has 0 saturated carbocycles. The molecule has 1 N–H and O–H groups in total. The number of benzene rings is 1. The van der Waals surface area contributed by atoms with Gasteiger partial charge < -0.3 is 4.98 Å². The van der Waals surface area contributed by atoms with Gasteiger partial charge in [-0.1, -0.05) is 11.8 Å².